The largest absolute Gasteiger partial charge is 0.354 e. The van der Waals surface area contributed by atoms with E-state index in [0.29, 0.717) is 0 Å². The van der Waals surface area contributed by atoms with Gasteiger partial charge in [-0.3, -0.25) is 4.98 Å². The molecule has 0 aromatic carbocycles. The standard InChI is InChI=1S/C11H13N5/c1-8-14-11-13-7-5-10(16(11)15-8)9-4-2-3-6-12-9/h2-4,6,10H,5,7H2,1H3,(H,13,14,15). The molecule has 1 N–H and O–H groups in total. The van der Waals surface area contributed by atoms with Crippen molar-refractivity contribution in [2.45, 2.75) is 19.4 Å². The molecule has 2 aromatic rings. The summed E-state index contributed by atoms with van der Waals surface area (Å²) in [6, 6.07) is 6.18. The Kier molecular flexibility index (Phi) is 2.09. The van der Waals surface area contributed by atoms with Gasteiger partial charge in [0.15, 0.2) is 0 Å². The van der Waals surface area contributed by atoms with Gasteiger partial charge in [0.05, 0.1) is 11.7 Å². The number of fused-ring (bicyclic) bond motifs is 1. The number of hydrogen-bond donors (Lipinski definition) is 1. The zero-order valence-electron chi connectivity index (χ0n) is 9.09. The summed E-state index contributed by atoms with van der Waals surface area (Å²) in [6.07, 6.45) is 2.81. The first-order valence-electron chi connectivity index (χ1n) is 5.42. The number of aryl methyl sites for hydroxylation is 1. The molecule has 0 amide bonds. The van der Waals surface area contributed by atoms with Gasteiger partial charge in [0.2, 0.25) is 5.95 Å². The van der Waals surface area contributed by atoms with Crippen molar-refractivity contribution in [2.75, 3.05) is 11.9 Å². The minimum atomic E-state index is 0.207. The molecule has 0 aliphatic carbocycles. The lowest BCUT2D eigenvalue weighted by Gasteiger charge is -2.23. The van der Waals surface area contributed by atoms with Crippen molar-refractivity contribution in [3.05, 3.63) is 35.9 Å². The molecule has 0 fully saturated rings. The lowest BCUT2D eigenvalue weighted by Crippen LogP contribution is -2.25. The Morgan fingerprint density at radius 1 is 1.44 bits per heavy atom. The van der Waals surface area contributed by atoms with E-state index < -0.39 is 0 Å². The molecule has 16 heavy (non-hydrogen) atoms. The normalized spacial score (nSPS) is 18.9. The molecule has 5 nitrogen and oxygen atoms in total. The molecule has 5 heteroatoms. The molecule has 2 aromatic heterocycles. The zero-order chi connectivity index (χ0) is 11.0. The van der Waals surface area contributed by atoms with Crippen LogP contribution in [0.15, 0.2) is 24.4 Å². The zero-order valence-corrected chi connectivity index (χ0v) is 9.09. The summed E-state index contributed by atoms with van der Waals surface area (Å²) in [4.78, 5) is 8.73. The number of anilines is 1. The Balaban J connectivity index is 2.05. The second-order valence-corrected chi connectivity index (χ2v) is 3.91. The van der Waals surface area contributed by atoms with Gasteiger partial charge in [0, 0.05) is 12.7 Å². The fourth-order valence-electron chi connectivity index (χ4n) is 2.06. The van der Waals surface area contributed by atoms with E-state index in [-0.39, 0.29) is 6.04 Å². The average Bonchev–Trinajstić information content (AvgIpc) is 2.70. The Morgan fingerprint density at radius 2 is 2.38 bits per heavy atom. The minimum Gasteiger partial charge on any atom is -0.354 e. The van der Waals surface area contributed by atoms with Gasteiger partial charge in [0.1, 0.15) is 5.82 Å². The summed E-state index contributed by atoms with van der Waals surface area (Å²) < 4.78 is 1.93. The predicted molar refractivity (Wildman–Crippen MR) is 60.2 cm³/mol. The maximum absolute atomic E-state index is 4.41. The highest BCUT2D eigenvalue weighted by molar-refractivity contribution is 5.30. The third kappa shape index (κ3) is 1.44. The van der Waals surface area contributed by atoms with E-state index in [9.17, 15) is 0 Å². The summed E-state index contributed by atoms with van der Waals surface area (Å²) >= 11 is 0. The molecule has 0 saturated heterocycles. The summed E-state index contributed by atoms with van der Waals surface area (Å²) in [7, 11) is 0. The van der Waals surface area contributed by atoms with E-state index >= 15 is 0 Å². The monoisotopic (exact) mass is 215 g/mol. The van der Waals surface area contributed by atoms with Crippen molar-refractivity contribution in [2.24, 2.45) is 0 Å². The molecule has 3 rings (SSSR count). The first-order chi connectivity index (χ1) is 7.84. The summed E-state index contributed by atoms with van der Waals surface area (Å²) in [6.45, 7) is 2.82. The summed E-state index contributed by atoms with van der Waals surface area (Å²) in [5.41, 5.74) is 1.05. The maximum Gasteiger partial charge on any atom is 0.222 e. The second-order valence-electron chi connectivity index (χ2n) is 3.91. The van der Waals surface area contributed by atoms with Crippen LogP contribution in [-0.4, -0.2) is 26.3 Å². The van der Waals surface area contributed by atoms with E-state index in [1.807, 2.05) is 36.0 Å². The van der Waals surface area contributed by atoms with Gasteiger partial charge in [-0.1, -0.05) is 6.07 Å². The molecular formula is C11H13N5. The highest BCUT2D eigenvalue weighted by Gasteiger charge is 2.24. The van der Waals surface area contributed by atoms with Crippen LogP contribution in [0, 0.1) is 6.92 Å². The van der Waals surface area contributed by atoms with Crippen LogP contribution in [0.2, 0.25) is 0 Å². The molecule has 0 saturated carbocycles. The lowest BCUT2D eigenvalue weighted by molar-refractivity contribution is 0.468. The second kappa shape index (κ2) is 3.59. The lowest BCUT2D eigenvalue weighted by atomic mass is 10.1. The third-order valence-corrected chi connectivity index (χ3v) is 2.76. The number of hydrogen-bond acceptors (Lipinski definition) is 4. The molecule has 0 bridgehead atoms. The van der Waals surface area contributed by atoms with Gasteiger partial charge >= 0.3 is 0 Å². The van der Waals surface area contributed by atoms with Crippen LogP contribution in [0.1, 0.15) is 24.0 Å². The average molecular weight is 215 g/mol. The molecule has 0 spiro atoms. The number of aromatic nitrogens is 4. The smallest absolute Gasteiger partial charge is 0.222 e. The first-order valence-corrected chi connectivity index (χ1v) is 5.42. The van der Waals surface area contributed by atoms with Crippen LogP contribution in [0.3, 0.4) is 0 Å². The van der Waals surface area contributed by atoms with Gasteiger partial charge in [-0.15, -0.1) is 0 Å². The van der Waals surface area contributed by atoms with Crippen LogP contribution in [0.5, 0.6) is 0 Å². The van der Waals surface area contributed by atoms with Crippen LogP contribution < -0.4 is 5.32 Å². The third-order valence-electron chi connectivity index (χ3n) is 2.76. The number of nitrogens with zero attached hydrogens (tertiary/aromatic N) is 4. The summed E-state index contributed by atoms with van der Waals surface area (Å²) in [5.74, 6) is 1.64. The van der Waals surface area contributed by atoms with Gasteiger partial charge in [-0.25, -0.2) is 4.68 Å². The Morgan fingerprint density at radius 3 is 3.19 bits per heavy atom. The quantitative estimate of drug-likeness (QED) is 0.781. The molecule has 3 heterocycles. The van der Waals surface area contributed by atoms with E-state index in [2.05, 4.69) is 20.4 Å². The molecule has 1 aliphatic rings. The van der Waals surface area contributed by atoms with E-state index in [1.165, 1.54) is 0 Å². The summed E-state index contributed by atoms with van der Waals surface area (Å²) in [5, 5.41) is 7.66. The molecule has 1 aliphatic heterocycles. The van der Waals surface area contributed by atoms with Gasteiger partial charge < -0.3 is 5.32 Å². The van der Waals surface area contributed by atoms with Crippen molar-refractivity contribution in [1.29, 1.82) is 0 Å². The SMILES string of the molecule is Cc1nc2n(n1)C(c1ccccn1)CCN2. The maximum atomic E-state index is 4.41. The van der Waals surface area contributed by atoms with Crippen LogP contribution in [-0.2, 0) is 0 Å². The molecule has 1 unspecified atom stereocenters. The fourth-order valence-corrected chi connectivity index (χ4v) is 2.06. The van der Waals surface area contributed by atoms with Crippen LogP contribution in [0.4, 0.5) is 5.95 Å². The minimum absolute atomic E-state index is 0.207. The Labute approximate surface area is 93.5 Å². The molecular weight excluding hydrogens is 202 g/mol. The van der Waals surface area contributed by atoms with Crippen molar-refractivity contribution in [3.63, 3.8) is 0 Å². The number of nitrogens with one attached hydrogen (secondary N) is 1. The molecule has 82 valence electrons. The Bertz CT molecular complexity index is 490. The highest BCUT2D eigenvalue weighted by atomic mass is 15.4. The van der Waals surface area contributed by atoms with Crippen molar-refractivity contribution >= 4 is 5.95 Å². The van der Waals surface area contributed by atoms with Crippen molar-refractivity contribution in [3.8, 4) is 0 Å². The highest BCUT2D eigenvalue weighted by Crippen LogP contribution is 2.26. The van der Waals surface area contributed by atoms with Gasteiger partial charge in [0.25, 0.3) is 0 Å². The van der Waals surface area contributed by atoms with Gasteiger partial charge in [-0.05, 0) is 25.5 Å². The van der Waals surface area contributed by atoms with Crippen molar-refractivity contribution in [1.82, 2.24) is 19.7 Å². The number of rotatable bonds is 1. The van der Waals surface area contributed by atoms with E-state index in [0.717, 1.165) is 30.4 Å². The van der Waals surface area contributed by atoms with E-state index in [4.69, 9.17) is 0 Å². The van der Waals surface area contributed by atoms with Crippen molar-refractivity contribution < 1.29 is 0 Å². The fraction of sp³-hybridized carbons (Fsp3) is 0.364. The van der Waals surface area contributed by atoms with Crippen LogP contribution in [0.25, 0.3) is 0 Å². The molecule has 0 radical (unpaired) electrons. The first kappa shape index (κ1) is 9.33. The van der Waals surface area contributed by atoms with Crippen LogP contribution >= 0.6 is 0 Å². The van der Waals surface area contributed by atoms with Gasteiger partial charge in [-0.2, -0.15) is 10.1 Å². The Hall–Kier alpha value is -1.91. The topological polar surface area (TPSA) is 55.6 Å². The predicted octanol–water partition coefficient (Wildman–Crippen LogP) is 1.39. The van der Waals surface area contributed by atoms with E-state index in [1.54, 1.807) is 0 Å². The number of pyridine rings is 1. The molecule has 1 atom stereocenters.